The topological polar surface area (TPSA) is 77.5 Å². The first kappa shape index (κ1) is 17.4. The lowest BCUT2D eigenvalue weighted by atomic mass is 10.1. The van der Waals surface area contributed by atoms with Crippen molar-refractivity contribution >= 4 is 21.6 Å². The number of hydrogen-bond donors (Lipinski definition) is 0. The number of aryl methyl sites for hydroxylation is 2. The molecule has 0 atom stereocenters. The number of Topliss-reactive ketones (excluding diaryl/α,β-unsaturated/α-hetero) is 1. The minimum Gasteiger partial charge on any atom is -0.454 e. The van der Waals surface area contributed by atoms with Gasteiger partial charge in [0, 0.05) is 11.8 Å². The Morgan fingerprint density at radius 2 is 1.60 bits per heavy atom. The van der Waals surface area contributed by atoms with E-state index in [4.69, 9.17) is 4.74 Å². The van der Waals surface area contributed by atoms with E-state index in [0.29, 0.717) is 11.1 Å². The van der Waals surface area contributed by atoms with Crippen LogP contribution in [0.4, 0.5) is 0 Å². The number of carbonyl (C=O) groups excluding carboxylic acids is 2. The SMILES string of the molecule is CS(=O)(=O)c1ccc(C(=O)COC(=O)c2ccc3c(c2)CCC3)cc1. The maximum Gasteiger partial charge on any atom is 0.338 e. The Bertz CT molecular complexity index is 927. The monoisotopic (exact) mass is 358 g/mol. The second kappa shape index (κ2) is 6.80. The average Bonchev–Trinajstić information content (AvgIpc) is 3.06. The van der Waals surface area contributed by atoms with Crippen molar-refractivity contribution < 1.29 is 22.7 Å². The van der Waals surface area contributed by atoms with Gasteiger partial charge in [-0.05, 0) is 66.8 Å². The van der Waals surface area contributed by atoms with Crippen molar-refractivity contribution in [3.8, 4) is 0 Å². The summed E-state index contributed by atoms with van der Waals surface area (Å²) in [4.78, 5) is 24.4. The summed E-state index contributed by atoms with van der Waals surface area (Å²) in [5.74, 6) is -0.912. The first-order valence-electron chi connectivity index (χ1n) is 7.97. The molecule has 0 saturated heterocycles. The van der Waals surface area contributed by atoms with Crippen LogP contribution in [0, 0.1) is 0 Å². The normalized spacial score (nSPS) is 13.3. The third-order valence-corrected chi connectivity index (χ3v) is 5.40. The largest absolute Gasteiger partial charge is 0.454 e. The maximum atomic E-state index is 12.1. The van der Waals surface area contributed by atoms with Crippen molar-refractivity contribution in [1.82, 2.24) is 0 Å². The molecule has 6 heteroatoms. The van der Waals surface area contributed by atoms with Gasteiger partial charge in [0.05, 0.1) is 10.5 Å². The van der Waals surface area contributed by atoms with Gasteiger partial charge in [-0.25, -0.2) is 13.2 Å². The van der Waals surface area contributed by atoms with Gasteiger partial charge in [-0.1, -0.05) is 6.07 Å². The molecular formula is C19H18O5S. The van der Waals surface area contributed by atoms with Gasteiger partial charge in [0.2, 0.25) is 0 Å². The molecule has 0 amide bonds. The lowest BCUT2D eigenvalue weighted by molar-refractivity contribution is 0.0474. The van der Waals surface area contributed by atoms with Gasteiger partial charge in [0.25, 0.3) is 0 Å². The molecule has 1 aliphatic carbocycles. The molecule has 25 heavy (non-hydrogen) atoms. The Hall–Kier alpha value is -2.47. The highest BCUT2D eigenvalue weighted by Gasteiger charge is 2.16. The Kier molecular flexibility index (Phi) is 4.72. The van der Waals surface area contributed by atoms with Crippen LogP contribution in [0.25, 0.3) is 0 Å². The summed E-state index contributed by atoms with van der Waals surface area (Å²) in [7, 11) is -3.31. The summed E-state index contributed by atoms with van der Waals surface area (Å²) in [6.07, 6.45) is 4.19. The van der Waals surface area contributed by atoms with Gasteiger partial charge < -0.3 is 4.74 Å². The minimum atomic E-state index is -3.31. The van der Waals surface area contributed by atoms with Crippen molar-refractivity contribution in [3.63, 3.8) is 0 Å². The van der Waals surface area contributed by atoms with Crippen LogP contribution in [0.2, 0.25) is 0 Å². The van der Waals surface area contributed by atoms with E-state index in [-0.39, 0.29) is 17.3 Å². The summed E-state index contributed by atoms with van der Waals surface area (Å²) >= 11 is 0. The lowest BCUT2D eigenvalue weighted by Crippen LogP contribution is -2.14. The van der Waals surface area contributed by atoms with E-state index < -0.39 is 15.8 Å². The van der Waals surface area contributed by atoms with Crippen molar-refractivity contribution in [3.05, 3.63) is 64.7 Å². The fraction of sp³-hybridized carbons (Fsp3) is 0.263. The van der Waals surface area contributed by atoms with Crippen LogP contribution in [-0.4, -0.2) is 33.0 Å². The molecule has 0 N–H and O–H groups in total. The van der Waals surface area contributed by atoms with Crippen LogP contribution < -0.4 is 0 Å². The van der Waals surface area contributed by atoms with Gasteiger partial charge in [0.15, 0.2) is 22.2 Å². The van der Waals surface area contributed by atoms with Gasteiger partial charge >= 0.3 is 5.97 Å². The zero-order valence-corrected chi connectivity index (χ0v) is 14.6. The molecule has 0 aliphatic heterocycles. The Balaban J connectivity index is 1.63. The molecule has 0 saturated carbocycles. The zero-order valence-electron chi connectivity index (χ0n) is 13.8. The van der Waals surface area contributed by atoms with Crippen molar-refractivity contribution in [2.75, 3.05) is 12.9 Å². The number of ketones is 1. The molecule has 0 spiro atoms. The molecule has 2 aromatic carbocycles. The fourth-order valence-electron chi connectivity index (χ4n) is 2.88. The van der Waals surface area contributed by atoms with Crippen molar-refractivity contribution in [2.45, 2.75) is 24.2 Å². The molecule has 5 nitrogen and oxygen atoms in total. The first-order chi connectivity index (χ1) is 11.8. The van der Waals surface area contributed by atoms with E-state index >= 15 is 0 Å². The quantitative estimate of drug-likeness (QED) is 0.606. The smallest absolute Gasteiger partial charge is 0.338 e. The van der Waals surface area contributed by atoms with Crippen LogP contribution in [-0.2, 0) is 27.4 Å². The minimum absolute atomic E-state index is 0.138. The van der Waals surface area contributed by atoms with Crippen LogP contribution in [0.3, 0.4) is 0 Å². The predicted molar refractivity (Wildman–Crippen MR) is 92.6 cm³/mol. The Labute approximate surface area is 146 Å². The Morgan fingerprint density at radius 3 is 2.28 bits per heavy atom. The highest BCUT2D eigenvalue weighted by atomic mass is 32.2. The molecular weight excluding hydrogens is 340 g/mol. The zero-order chi connectivity index (χ0) is 18.0. The highest BCUT2D eigenvalue weighted by molar-refractivity contribution is 7.90. The number of carbonyl (C=O) groups is 2. The summed E-state index contributed by atoms with van der Waals surface area (Å²) < 4.78 is 27.9. The van der Waals surface area contributed by atoms with E-state index in [9.17, 15) is 18.0 Å². The van der Waals surface area contributed by atoms with Crippen molar-refractivity contribution in [1.29, 1.82) is 0 Å². The van der Waals surface area contributed by atoms with Crippen LogP contribution >= 0.6 is 0 Å². The van der Waals surface area contributed by atoms with Crippen LogP contribution in [0.15, 0.2) is 47.4 Å². The van der Waals surface area contributed by atoms with E-state index in [0.717, 1.165) is 31.1 Å². The molecule has 130 valence electrons. The number of benzene rings is 2. The summed E-state index contributed by atoms with van der Waals surface area (Å²) in [6, 6.07) is 11.1. The lowest BCUT2D eigenvalue weighted by Gasteiger charge is -2.07. The van der Waals surface area contributed by atoms with Gasteiger partial charge in [-0.2, -0.15) is 0 Å². The molecule has 0 heterocycles. The third kappa shape index (κ3) is 3.96. The molecule has 3 rings (SSSR count). The van der Waals surface area contributed by atoms with E-state index in [1.54, 1.807) is 6.07 Å². The predicted octanol–water partition coefficient (Wildman–Crippen LogP) is 2.62. The highest BCUT2D eigenvalue weighted by Crippen LogP contribution is 2.23. The molecule has 0 unspecified atom stereocenters. The number of hydrogen-bond acceptors (Lipinski definition) is 5. The fourth-order valence-corrected chi connectivity index (χ4v) is 3.52. The van der Waals surface area contributed by atoms with Gasteiger partial charge in [0.1, 0.15) is 0 Å². The summed E-state index contributed by atoms with van der Waals surface area (Å²) in [5, 5.41) is 0. The summed E-state index contributed by atoms with van der Waals surface area (Å²) in [5.41, 5.74) is 3.17. The third-order valence-electron chi connectivity index (χ3n) is 4.27. The van der Waals surface area contributed by atoms with Crippen LogP contribution in [0.1, 0.15) is 38.3 Å². The van der Waals surface area contributed by atoms with Gasteiger partial charge in [-0.3, -0.25) is 4.79 Å². The second-order valence-electron chi connectivity index (χ2n) is 6.13. The maximum absolute atomic E-state index is 12.1. The molecule has 0 radical (unpaired) electrons. The van der Waals surface area contributed by atoms with Crippen LogP contribution in [0.5, 0.6) is 0 Å². The molecule has 1 aliphatic rings. The second-order valence-corrected chi connectivity index (χ2v) is 8.15. The number of esters is 1. The number of rotatable bonds is 5. The van der Waals surface area contributed by atoms with Crippen molar-refractivity contribution in [2.24, 2.45) is 0 Å². The molecule has 2 aromatic rings. The molecule has 0 fully saturated rings. The van der Waals surface area contributed by atoms with E-state index in [1.165, 1.54) is 29.8 Å². The number of sulfone groups is 1. The number of ether oxygens (including phenoxy) is 1. The standard InChI is InChI=1S/C19H18O5S/c1-25(22,23)17-9-7-14(8-10-17)18(20)12-24-19(21)16-6-5-13-3-2-4-15(13)11-16/h5-11H,2-4,12H2,1H3. The summed E-state index contributed by atoms with van der Waals surface area (Å²) in [6.45, 7) is -0.381. The average molecular weight is 358 g/mol. The molecule has 0 bridgehead atoms. The first-order valence-corrected chi connectivity index (χ1v) is 9.86. The van der Waals surface area contributed by atoms with Gasteiger partial charge in [-0.15, -0.1) is 0 Å². The van der Waals surface area contributed by atoms with E-state index in [2.05, 4.69) is 0 Å². The van der Waals surface area contributed by atoms with E-state index in [1.807, 2.05) is 12.1 Å². The molecule has 0 aromatic heterocycles. The number of fused-ring (bicyclic) bond motifs is 1. The Morgan fingerprint density at radius 1 is 0.960 bits per heavy atom.